The molecule has 1 aliphatic heterocycles. The first-order valence-corrected chi connectivity index (χ1v) is 5.45. The van der Waals surface area contributed by atoms with Gasteiger partial charge in [0.25, 0.3) is 0 Å². The molecule has 2 N–H and O–H groups in total. The minimum atomic E-state index is -0.348. The molecule has 86 valence electrons. The van der Waals surface area contributed by atoms with Gasteiger partial charge in [-0.2, -0.15) is 0 Å². The van der Waals surface area contributed by atoms with Gasteiger partial charge < -0.3 is 20.0 Å². The number of rotatable bonds is 4. The third-order valence-electron chi connectivity index (χ3n) is 3.83. The van der Waals surface area contributed by atoms with Crippen LogP contribution in [0.2, 0.25) is 0 Å². The molecule has 2 aliphatic carbocycles. The predicted octanol–water partition coefficient (Wildman–Crippen LogP) is -1.14. The van der Waals surface area contributed by atoms with Crippen LogP contribution < -0.4 is 5.32 Å². The Labute approximate surface area is 92.5 Å². The van der Waals surface area contributed by atoms with Crippen LogP contribution in [0.1, 0.15) is 0 Å². The summed E-state index contributed by atoms with van der Waals surface area (Å²) in [5.74, 6) is -0.798. The minimum Gasteiger partial charge on any atom is -0.395 e. The highest BCUT2D eigenvalue weighted by molar-refractivity contribution is 5.85. The van der Waals surface area contributed by atoms with Crippen LogP contribution in [0.25, 0.3) is 0 Å². The van der Waals surface area contributed by atoms with Gasteiger partial charge in [-0.05, 0) is 0 Å². The van der Waals surface area contributed by atoms with E-state index in [4.69, 9.17) is 9.84 Å². The molecule has 0 aromatic rings. The van der Waals surface area contributed by atoms with Crippen LogP contribution >= 0.6 is 0 Å². The number of ether oxygens (including phenoxy) is 1. The first-order valence-electron chi connectivity index (χ1n) is 5.45. The zero-order valence-corrected chi connectivity index (χ0v) is 8.63. The van der Waals surface area contributed by atoms with Gasteiger partial charge >= 0.3 is 0 Å². The summed E-state index contributed by atoms with van der Waals surface area (Å²) in [4.78, 5) is 22.9. The lowest BCUT2D eigenvalue weighted by Gasteiger charge is -2.29. The predicted molar refractivity (Wildman–Crippen MR) is 53.4 cm³/mol. The molecule has 5 atom stereocenters. The van der Waals surface area contributed by atoms with E-state index in [1.807, 2.05) is 12.2 Å². The summed E-state index contributed by atoms with van der Waals surface area (Å²) in [5, 5.41) is 11.3. The molecule has 3 aliphatic rings. The number of nitrogens with one attached hydrogen (secondary N) is 1. The third kappa shape index (κ3) is 1.02. The molecule has 2 fully saturated rings. The van der Waals surface area contributed by atoms with Crippen molar-refractivity contribution in [3.63, 3.8) is 0 Å². The summed E-state index contributed by atoms with van der Waals surface area (Å²) in [5.41, 5.74) is -0.313. The Hall–Kier alpha value is -1.20. The number of carbonyl (C=O) groups excluding carboxylic acids is 2. The maximum atomic E-state index is 11.9. The van der Waals surface area contributed by atoms with Gasteiger partial charge in [0, 0.05) is 12.5 Å². The molecule has 1 spiro atoms. The molecule has 0 radical (unpaired) electrons. The second-order valence-corrected chi connectivity index (χ2v) is 4.53. The third-order valence-corrected chi connectivity index (χ3v) is 3.83. The zero-order valence-electron chi connectivity index (χ0n) is 8.63. The Balaban J connectivity index is 1.77. The van der Waals surface area contributed by atoms with Crippen LogP contribution in [0.5, 0.6) is 0 Å². The van der Waals surface area contributed by atoms with Crippen LogP contribution in [-0.2, 0) is 14.3 Å². The molecule has 5 nitrogen and oxygen atoms in total. The lowest BCUT2D eigenvalue weighted by atomic mass is 9.77. The number of amides is 1. The fraction of sp³-hybridized carbons (Fsp3) is 0.636. The van der Waals surface area contributed by atoms with Crippen LogP contribution in [0.15, 0.2) is 12.2 Å². The van der Waals surface area contributed by atoms with E-state index in [1.165, 1.54) is 0 Å². The molecule has 1 amide bonds. The van der Waals surface area contributed by atoms with E-state index in [2.05, 4.69) is 5.32 Å². The topological polar surface area (TPSA) is 78.9 Å². The molecular weight excluding hydrogens is 210 g/mol. The maximum Gasteiger partial charge on any atom is 0.224 e. The number of aliphatic hydroxyl groups is 1. The molecule has 0 bridgehead atoms. The molecule has 16 heavy (non-hydrogen) atoms. The molecule has 4 unspecified atom stereocenters. The van der Waals surface area contributed by atoms with Crippen molar-refractivity contribution < 1.29 is 19.4 Å². The Kier molecular flexibility index (Phi) is 1.96. The van der Waals surface area contributed by atoms with Gasteiger partial charge in [-0.3, -0.25) is 4.79 Å². The smallest absolute Gasteiger partial charge is 0.224 e. The van der Waals surface area contributed by atoms with Crippen molar-refractivity contribution in [3.05, 3.63) is 12.2 Å². The molecular formula is C11H13NO4. The Morgan fingerprint density at radius 1 is 1.62 bits per heavy atom. The highest BCUT2D eigenvalue weighted by Gasteiger charge is 2.76. The van der Waals surface area contributed by atoms with Gasteiger partial charge in [0.2, 0.25) is 5.91 Å². The monoisotopic (exact) mass is 223 g/mol. The fourth-order valence-corrected chi connectivity index (χ4v) is 2.98. The zero-order chi connectivity index (χ0) is 11.3. The van der Waals surface area contributed by atoms with E-state index in [1.54, 1.807) is 0 Å². The van der Waals surface area contributed by atoms with Crippen molar-refractivity contribution in [2.75, 3.05) is 13.2 Å². The fourth-order valence-electron chi connectivity index (χ4n) is 2.98. The van der Waals surface area contributed by atoms with Crippen molar-refractivity contribution in [3.8, 4) is 0 Å². The van der Waals surface area contributed by atoms with Gasteiger partial charge in [-0.1, -0.05) is 12.2 Å². The van der Waals surface area contributed by atoms with E-state index in [0.717, 1.165) is 6.29 Å². The first-order chi connectivity index (χ1) is 7.74. The van der Waals surface area contributed by atoms with Gasteiger partial charge in [0.15, 0.2) is 0 Å². The summed E-state index contributed by atoms with van der Waals surface area (Å²) in [6, 6.07) is 0. The number of epoxide rings is 1. The van der Waals surface area contributed by atoms with Crippen LogP contribution in [-0.4, -0.2) is 42.2 Å². The Bertz CT molecular complexity index is 380. The largest absolute Gasteiger partial charge is 0.395 e. The second-order valence-electron chi connectivity index (χ2n) is 4.53. The standard InChI is InChI=1S/C11H13NO4/c13-4-3-12-10(15)8-6(5-14)9-11(16-9)2-1-7(8)11/h1-2,5-9,13H,3-4H2,(H,12,15)/t6?,7?,8-,9?,11?/m1/s1. The van der Waals surface area contributed by atoms with E-state index in [9.17, 15) is 9.59 Å². The highest BCUT2D eigenvalue weighted by atomic mass is 16.6. The number of hydrogen-bond donors (Lipinski definition) is 2. The van der Waals surface area contributed by atoms with Crippen molar-refractivity contribution in [1.82, 2.24) is 5.32 Å². The van der Waals surface area contributed by atoms with E-state index >= 15 is 0 Å². The van der Waals surface area contributed by atoms with Crippen molar-refractivity contribution in [1.29, 1.82) is 0 Å². The van der Waals surface area contributed by atoms with E-state index < -0.39 is 0 Å². The van der Waals surface area contributed by atoms with E-state index in [0.29, 0.717) is 0 Å². The lowest BCUT2D eigenvalue weighted by molar-refractivity contribution is -0.132. The number of aldehydes is 1. The summed E-state index contributed by atoms with van der Waals surface area (Å²) in [7, 11) is 0. The molecule has 1 saturated heterocycles. The highest BCUT2D eigenvalue weighted by Crippen LogP contribution is 2.64. The average molecular weight is 223 g/mol. The molecule has 0 aromatic heterocycles. The van der Waals surface area contributed by atoms with Crippen molar-refractivity contribution in [2.24, 2.45) is 17.8 Å². The number of carbonyl (C=O) groups is 2. The first kappa shape index (κ1) is 9.99. The second kappa shape index (κ2) is 3.15. The molecule has 1 saturated carbocycles. The van der Waals surface area contributed by atoms with Crippen LogP contribution in [0.3, 0.4) is 0 Å². The van der Waals surface area contributed by atoms with Gasteiger partial charge in [-0.15, -0.1) is 0 Å². The number of aliphatic hydroxyl groups excluding tert-OH is 1. The molecule has 0 aromatic carbocycles. The van der Waals surface area contributed by atoms with Crippen LogP contribution in [0, 0.1) is 17.8 Å². The van der Waals surface area contributed by atoms with Crippen molar-refractivity contribution >= 4 is 12.2 Å². The number of hydrogen-bond acceptors (Lipinski definition) is 4. The quantitative estimate of drug-likeness (QED) is 0.359. The summed E-state index contributed by atoms with van der Waals surface area (Å²) >= 11 is 0. The van der Waals surface area contributed by atoms with E-state index in [-0.39, 0.29) is 48.5 Å². The molecule has 5 heteroatoms. The minimum absolute atomic E-state index is 0.0337. The molecule has 1 heterocycles. The Morgan fingerprint density at radius 2 is 2.44 bits per heavy atom. The van der Waals surface area contributed by atoms with Crippen molar-refractivity contribution in [2.45, 2.75) is 11.7 Å². The Morgan fingerprint density at radius 3 is 3.00 bits per heavy atom. The average Bonchev–Trinajstić information content (AvgIpc) is 2.98. The normalized spacial score (nSPS) is 46.6. The molecule has 3 rings (SSSR count). The summed E-state index contributed by atoms with van der Waals surface area (Å²) < 4.78 is 5.48. The summed E-state index contributed by atoms with van der Waals surface area (Å²) in [6.45, 7) is 0.145. The van der Waals surface area contributed by atoms with Gasteiger partial charge in [0.05, 0.1) is 18.4 Å². The SMILES string of the molecule is O=CC1C2OC23C=CC3[C@@H]1C(=O)NCCO. The maximum absolute atomic E-state index is 11.9. The summed E-state index contributed by atoms with van der Waals surface area (Å²) in [6.07, 6.45) is 4.60. The van der Waals surface area contributed by atoms with Gasteiger partial charge in [-0.25, -0.2) is 0 Å². The van der Waals surface area contributed by atoms with Gasteiger partial charge in [0.1, 0.15) is 18.0 Å². The van der Waals surface area contributed by atoms with Crippen LogP contribution in [0.4, 0.5) is 0 Å². The lowest BCUT2D eigenvalue weighted by Crippen LogP contribution is -2.42.